The normalized spacial score (nSPS) is 12.3. The molecule has 11 rings (SSSR count). The van der Waals surface area contributed by atoms with E-state index in [1.54, 1.807) is 0 Å². The number of pyridine rings is 1. The minimum absolute atomic E-state index is 0.785. The molecule has 1 aliphatic heterocycles. The Balaban J connectivity index is 1.11. The van der Waals surface area contributed by atoms with Crippen LogP contribution in [-0.4, -0.2) is 23.3 Å². The summed E-state index contributed by atoms with van der Waals surface area (Å²) in [5, 5.41) is 2.37. The van der Waals surface area contributed by atoms with Crippen LogP contribution in [0.3, 0.4) is 0 Å². The van der Waals surface area contributed by atoms with E-state index in [1.165, 1.54) is 66.8 Å². The van der Waals surface area contributed by atoms with Crippen molar-refractivity contribution >= 4 is 55.9 Å². The monoisotopic (exact) mass is 799 g/mol. The molecule has 0 atom stereocenters. The molecule has 0 unspecified atom stereocenters. The van der Waals surface area contributed by atoms with E-state index >= 15 is 0 Å². The number of anilines is 6. The highest BCUT2D eigenvalue weighted by atomic mass is 15.4. The molecule has 10 aromatic rings. The van der Waals surface area contributed by atoms with Gasteiger partial charge in [0.2, 0.25) is 0 Å². The average Bonchev–Trinajstić information content (AvgIpc) is 3.84. The number of hydrogen-bond acceptors (Lipinski definition) is 4. The zero-order valence-electron chi connectivity index (χ0n) is 35.1. The molecule has 5 nitrogen and oxygen atoms in total. The van der Waals surface area contributed by atoms with E-state index in [-0.39, 0.29) is 0 Å². The second-order valence-corrected chi connectivity index (χ2v) is 16.3. The van der Waals surface area contributed by atoms with Gasteiger partial charge in [0.15, 0.2) is 0 Å². The Hall–Kier alpha value is -7.89. The largest absolute Gasteiger partial charge is 0.355 e. The third-order valence-corrected chi connectivity index (χ3v) is 12.4. The number of benzene rings is 8. The van der Waals surface area contributed by atoms with Gasteiger partial charge in [0, 0.05) is 41.1 Å². The Morgan fingerprint density at radius 1 is 0.484 bits per heavy atom. The maximum absolute atomic E-state index is 5.15. The lowest BCUT2D eigenvalue weighted by molar-refractivity contribution is 0.949. The number of fused-ring (bicyclic) bond motifs is 4. The van der Waals surface area contributed by atoms with Crippen LogP contribution in [0, 0.1) is 13.8 Å². The second kappa shape index (κ2) is 15.3. The fraction of sp³-hybridized carbons (Fsp3) is 0.0702. The topological polar surface area (TPSA) is 27.5 Å². The van der Waals surface area contributed by atoms with E-state index in [1.807, 2.05) is 6.20 Å². The van der Waals surface area contributed by atoms with Gasteiger partial charge in [-0.05, 0) is 119 Å². The van der Waals surface area contributed by atoms with E-state index in [0.717, 1.165) is 46.1 Å². The molecule has 2 aromatic heterocycles. The van der Waals surface area contributed by atoms with Gasteiger partial charge in [-0.3, -0.25) is 4.57 Å². The zero-order valence-corrected chi connectivity index (χ0v) is 35.1. The first-order valence-electron chi connectivity index (χ1n) is 21.3. The smallest absolute Gasteiger partial charge is 0.138 e. The van der Waals surface area contributed by atoms with Crippen molar-refractivity contribution in [2.24, 2.45) is 0 Å². The van der Waals surface area contributed by atoms with E-state index in [4.69, 9.17) is 4.98 Å². The van der Waals surface area contributed by atoms with Crippen molar-refractivity contribution in [1.29, 1.82) is 0 Å². The Morgan fingerprint density at radius 3 is 1.84 bits per heavy atom. The van der Waals surface area contributed by atoms with Crippen LogP contribution in [-0.2, 0) is 0 Å². The molecule has 0 N–H and O–H groups in total. The highest BCUT2D eigenvalue weighted by Crippen LogP contribution is 2.46. The molecule has 0 amide bonds. The lowest BCUT2D eigenvalue weighted by Gasteiger charge is -2.30. The van der Waals surface area contributed by atoms with Crippen molar-refractivity contribution in [1.82, 2.24) is 9.55 Å². The molecule has 3 heterocycles. The fourth-order valence-electron chi connectivity index (χ4n) is 9.59. The van der Waals surface area contributed by atoms with Crippen molar-refractivity contribution in [3.63, 3.8) is 0 Å². The quantitative estimate of drug-likeness (QED) is 0.153. The van der Waals surface area contributed by atoms with Crippen LogP contribution in [0.5, 0.6) is 0 Å². The molecule has 0 saturated heterocycles. The van der Waals surface area contributed by atoms with Gasteiger partial charge in [0.25, 0.3) is 0 Å². The number of rotatable bonds is 8. The lowest BCUT2D eigenvalue weighted by atomic mass is 9.88. The van der Waals surface area contributed by atoms with Gasteiger partial charge in [0.1, 0.15) is 5.82 Å². The molecular formula is C57H45N5. The first-order valence-corrected chi connectivity index (χ1v) is 21.3. The van der Waals surface area contributed by atoms with Gasteiger partial charge in [-0.15, -0.1) is 0 Å². The van der Waals surface area contributed by atoms with Crippen LogP contribution >= 0.6 is 0 Å². The summed E-state index contributed by atoms with van der Waals surface area (Å²) in [6.07, 6.45) is 1.97. The standard InChI is InChI=1S/C57H45N5/c1-39-17-14-18-40(2)57(39)61(45-24-15-23-44(36-45)60-38-59(3)52-29-12-13-30-53(52)60)46-31-32-50-49-25-10-11-28-51(49)62(54(50)37-46)55-35-43(33-34-58-55)56-47(41-19-6-4-7-20-41)26-16-27-48(56)42-21-8-5-9-22-42/h4-37H,38H2,1-3H3. The summed E-state index contributed by atoms with van der Waals surface area (Å²) in [5.41, 5.74) is 18.6. The maximum atomic E-state index is 5.15. The summed E-state index contributed by atoms with van der Waals surface area (Å²) in [4.78, 5) is 12.3. The number of nitrogens with zero attached hydrogens (tertiary/aromatic N) is 5. The molecular weight excluding hydrogens is 755 g/mol. The summed E-state index contributed by atoms with van der Waals surface area (Å²) < 4.78 is 2.35. The van der Waals surface area contributed by atoms with Gasteiger partial charge < -0.3 is 14.7 Å². The second-order valence-electron chi connectivity index (χ2n) is 16.3. The van der Waals surface area contributed by atoms with Crippen molar-refractivity contribution in [2.75, 3.05) is 28.4 Å². The average molecular weight is 800 g/mol. The zero-order chi connectivity index (χ0) is 41.7. The molecule has 5 heteroatoms. The van der Waals surface area contributed by atoms with Crippen LogP contribution in [0.25, 0.3) is 61.0 Å². The summed E-state index contributed by atoms with van der Waals surface area (Å²) in [5.74, 6) is 0.866. The molecule has 0 bridgehead atoms. The predicted octanol–water partition coefficient (Wildman–Crippen LogP) is 14.8. The summed E-state index contributed by atoms with van der Waals surface area (Å²) in [6, 6.07) is 72.3. The number of para-hydroxylation sites is 4. The van der Waals surface area contributed by atoms with Gasteiger partial charge >= 0.3 is 0 Å². The van der Waals surface area contributed by atoms with Crippen molar-refractivity contribution in [3.8, 4) is 39.2 Å². The Bertz CT molecular complexity index is 3200. The first kappa shape index (κ1) is 37.1. The highest BCUT2D eigenvalue weighted by molar-refractivity contribution is 6.10. The van der Waals surface area contributed by atoms with Crippen molar-refractivity contribution < 1.29 is 0 Å². The molecule has 0 saturated carbocycles. The molecule has 0 spiro atoms. The molecule has 8 aromatic carbocycles. The Labute approximate surface area is 363 Å². The van der Waals surface area contributed by atoms with E-state index < -0.39 is 0 Å². The third-order valence-electron chi connectivity index (χ3n) is 12.4. The van der Waals surface area contributed by atoms with Gasteiger partial charge in [-0.1, -0.05) is 140 Å². The van der Waals surface area contributed by atoms with Crippen molar-refractivity contribution in [3.05, 3.63) is 218 Å². The van der Waals surface area contributed by atoms with Gasteiger partial charge in [-0.2, -0.15) is 0 Å². The van der Waals surface area contributed by atoms with Crippen LogP contribution in [0.2, 0.25) is 0 Å². The predicted molar refractivity (Wildman–Crippen MR) is 261 cm³/mol. The SMILES string of the molecule is Cc1cccc(C)c1N(c1cccc(N2CN(C)c3ccccc32)c1)c1ccc2c3ccccc3n(-c3cc(-c4c(-c5ccccc5)cccc4-c4ccccc4)ccn3)c2c1. The number of hydrogen-bond donors (Lipinski definition) is 0. The van der Waals surface area contributed by atoms with Gasteiger partial charge in [-0.25, -0.2) is 4.98 Å². The van der Waals surface area contributed by atoms with Crippen molar-refractivity contribution in [2.45, 2.75) is 13.8 Å². The highest BCUT2D eigenvalue weighted by Gasteiger charge is 2.26. The summed E-state index contributed by atoms with van der Waals surface area (Å²) in [6.45, 7) is 5.21. The summed E-state index contributed by atoms with van der Waals surface area (Å²) in [7, 11) is 2.16. The fourth-order valence-corrected chi connectivity index (χ4v) is 9.59. The maximum Gasteiger partial charge on any atom is 0.138 e. The minimum Gasteiger partial charge on any atom is -0.355 e. The van der Waals surface area contributed by atoms with E-state index in [9.17, 15) is 0 Å². The molecule has 1 aliphatic rings. The van der Waals surface area contributed by atoms with E-state index in [0.29, 0.717) is 0 Å². The lowest BCUT2D eigenvalue weighted by Crippen LogP contribution is -2.24. The summed E-state index contributed by atoms with van der Waals surface area (Å²) >= 11 is 0. The van der Waals surface area contributed by atoms with Gasteiger partial charge in [0.05, 0.1) is 34.8 Å². The number of aryl methyl sites for hydroxylation is 2. The Morgan fingerprint density at radius 2 is 1.10 bits per heavy atom. The minimum atomic E-state index is 0.785. The van der Waals surface area contributed by atoms with Crippen LogP contribution in [0.15, 0.2) is 206 Å². The number of aromatic nitrogens is 2. The molecule has 0 radical (unpaired) electrons. The molecule has 62 heavy (non-hydrogen) atoms. The molecule has 0 aliphatic carbocycles. The van der Waals surface area contributed by atoms with E-state index in [2.05, 4.69) is 240 Å². The van der Waals surface area contributed by atoms with Crippen LogP contribution < -0.4 is 14.7 Å². The molecule has 298 valence electrons. The van der Waals surface area contributed by atoms with Crippen LogP contribution in [0.4, 0.5) is 34.1 Å². The van der Waals surface area contributed by atoms with Crippen LogP contribution in [0.1, 0.15) is 11.1 Å². The third kappa shape index (κ3) is 6.29. The molecule has 0 fully saturated rings. The Kier molecular flexibility index (Phi) is 9.16. The first-order chi connectivity index (χ1) is 30.5.